The summed E-state index contributed by atoms with van der Waals surface area (Å²) < 4.78 is 5.41. The molecule has 4 heteroatoms. The molecule has 1 aromatic heterocycles. The fourth-order valence-corrected chi connectivity index (χ4v) is 3.26. The van der Waals surface area contributed by atoms with Crippen molar-refractivity contribution in [2.45, 2.75) is 58.3 Å². The van der Waals surface area contributed by atoms with Crippen LogP contribution < -0.4 is 5.32 Å². The minimum Gasteiger partial charge on any atom is -0.339 e. The van der Waals surface area contributed by atoms with E-state index in [-0.39, 0.29) is 0 Å². The third kappa shape index (κ3) is 2.69. The van der Waals surface area contributed by atoms with Gasteiger partial charge in [-0.05, 0) is 37.0 Å². The summed E-state index contributed by atoms with van der Waals surface area (Å²) in [6, 6.07) is 0. The standard InChI is InChI=1S/C15H25N3O/c1-15(2,3)12-6-4-10(5-7-12)13-17-14(19-18-13)11-8-16-9-11/h10-12,16H,4-9H2,1-3H3. The minimum absolute atomic E-state index is 0.435. The molecule has 1 aliphatic heterocycles. The molecule has 4 nitrogen and oxygen atoms in total. The van der Waals surface area contributed by atoms with Crippen LogP contribution in [0.5, 0.6) is 0 Å². The smallest absolute Gasteiger partial charge is 0.232 e. The molecule has 0 radical (unpaired) electrons. The van der Waals surface area contributed by atoms with Gasteiger partial charge in [-0.25, -0.2) is 0 Å². The summed E-state index contributed by atoms with van der Waals surface area (Å²) >= 11 is 0. The molecular formula is C15H25N3O. The van der Waals surface area contributed by atoms with Gasteiger partial charge in [0.15, 0.2) is 5.82 Å². The Labute approximate surface area is 115 Å². The quantitative estimate of drug-likeness (QED) is 0.891. The van der Waals surface area contributed by atoms with E-state index in [1.165, 1.54) is 25.7 Å². The van der Waals surface area contributed by atoms with Crippen molar-refractivity contribution in [1.82, 2.24) is 15.5 Å². The highest BCUT2D eigenvalue weighted by atomic mass is 16.5. The van der Waals surface area contributed by atoms with Crippen LogP contribution in [0.15, 0.2) is 4.52 Å². The zero-order valence-corrected chi connectivity index (χ0v) is 12.3. The van der Waals surface area contributed by atoms with Crippen LogP contribution in [-0.2, 0) is 0 Å². The number of rotatable bonds is 2. The second-order valence-corrected chi connectivity index (χ2v) is 7.26. The van der Waals surface area contributed by atoms with Gasteiger partial charge in [0.25, 0.3) is 0 Å². The first-order valence-corrected chi connectivity index (χ1v) is 7.58. The van der Waals surface area contributed by atoms with Crippen LogP contribution in [-0.4, -0.2) is 23.2 Å². The molecule has 1 aliphatic carbocycles. The summed E-state index contributed by atoms with van der Waals surface area (Å²) in [4.78, 5) is 4.63. The summed E-state index contributed by atoms with van der Waals surface area (Å²) in [7, 11) is 0. The van der Waals surface area contributed by atoms with Crippen LogP contribution in [0.1, 0.15) is 70.0 Å². The van der Waals surface area contributed by atoms with Gasteiger partial charge in [0.1, 0.15) is 0 Å². The average Bonchev–Trinajstić information content (AvgIpc) is 2.75. The molecule has 106 valence electrons. The zero-order chi connectivity index (χ0) is 13.5. The van der Waals surface area contributed by atoms with Gasteiger partial charge in [-0.15, -0.1) is 0 Å². The molecular weight excluding hydrogens is 238 g/mol. The molecule has 1 N–H and O–H groups in total. The van der Waals surface area contributed by atoms with Crippen molar-refractivity contribution < 1.29 is 4.52 Å². The number of nitrogens with one attached hydrogen (secondary N) is 1. The number of hydrogen-bond donors (Lipinski definition) is 1. The molecule has 0 aromatic carbocycles. The Kier molecular flexibility index (Phi) is 3.37. The van der Waals surface area contributed by atoms with Crippen LogP contribution in [0.4, 0.5) is 0 Å². The SMILES string of the molecule is CC(C)(C)C1CCC(c2noc(C3CNC3)n2)CC1. The maximum Gasteiger partial charge on any atom is 0.232 e. The van der Waals surface area contributed by atoms with Crippen molar-refractivity contribution in [3.8, 4) is 0 Å². The van der Waals surface area contributed by atoms with E-state index in [0.717, 1.165) is 30.7 Å². The van der Waals surface area contributed by atoms with Gasteiger partial charge in [-0.2, -0.15) is 4.98 Å². The highest BCUT2D eigenvalue weighted by molar-refractivity contribution is 5.04. The van der Waals surface area contributed by atoms with Crippen LogP contribution in [0.2, 0.25) is 0 Å². The molecule has 1 saturated carbocycles. The van der Waals surface area contributed by atoms with Gasteiger partial charge in [-0.3, -0.25) is 0 Å². The van der Waals surface area contributed by atoms with Gasteiger partial charge in [0.2, 0.25) is 5.89 Å². The number of nitrogens with zero attached hydrogens (tertiary/aromatic N) is 2. The molecule has 1 aromatic rings. The van der Waals surface area contributed by atoms with E-state index >= 15 is 0 Å². The molecule has 0 spiro atoms. The van der Waals surface area contributed by atoms with Crippen molar-refractivity contribution in [2.24, 2.45) is 11.3 Å². The molecule has 2 aliphatic rings. The van der Waals surface area contributed by atoms with E-state index in [4.69, 9.17) is 4.52 Å². The van der Waals surface area contributed by atoms with Crippen molar-refractivity contribution in [2.75, 3.05) is 13.1 Å². The first-order chi connectivity index (χ1) is 9.04. The largest absolute Gasteiger partial charge is 0.339 e. The lowest BCUT2D eigenvalue weighted by Crippen LogP contribution is -2.40. The molecule has 0 bridgehead atoms. The molecule has 0 amide bonds. The average molecular weight is 263 g/mol. The highest BCUT2D eigenvalue weighted by Gasteiger charge is 2.33. The summed E-state index contributed by atoms with van der Waals surface area (Å²) in [5.41, 5.74) is 0.435. The lowest BCUT2D eigenvalue weighted by Gasteiger charge is -2.36. The van der Waals surface area contributed by atoms with Crippen molar-refractivity contribution >= 4 is 0 Å². The third-order valence-corrected chi connectivity index (χ3v) is 4.91. The molecule has 3 rings (SSSR count). The third-order valence-electron chi connectivity index (χ3n) is 4.91. The second kappa shape index (κ2) is 4.89. The van der Waals surface area contributed by atoms with Gasteiger partial charge < -0.3 is 9.84 Å². The first-order valence-electron chi connectivity index (χ1n) is 7.58. The lowest BCUT2D eigenvalue weighted by atomic mass is 9.70. The monoisotopic (exact) mass is 263 g/mol. The Balaban J connectivity index is 1.60. The fourth-order valence-electron chi connectivity index (χ4n) is 3.26. The van der Waals surface area contributed by atoms with Crippen LogP contribution >= 0.6 is 0 Å². The van der Waals surface area contributed by atoms with Crippen LogP contribution in [0.25, 0.3) is 0 Å². The van der Waals surface area contributed by atoms with Gasteiger partial charge in [-0.1, -0.05) is 25.9 Å². The van der Waals surface area contributed by atoms with Crippen molar-refractivity contribution in [3.63, 3.8) is 0 Å². The van der Waals surface area contributed by atoms with E-state index < -0.39 is 0 Å². The predicted molar refractivity (Wildman–Crippen MR) is 74.1 cm³/mol. The predicted octanol–water partition coefficient (Wildman–Crippen LogP) is 3.08. The Morgan fingerprint density at radius 2 is 1.74 bits per heavy atom. The molecule has 2 heterocycles. The molecule has 0 atom stereocenters. The van der Waals surface area contributed by atoms with Crippen molar-refractivity contribution in [3.05, 3.63) is 11.7 Å². The van der Waals surface area contributed by atoms with E-state index in [1.807, 2.05) is 0 Å². The van der Waals surface area contributed by atoms with E-state index in [1.54, 1.807) is 0 Å². The van der Waals surface area contributed by atoms with Crippen LogP contribution in [0, 0.1) is 11.3 Å². The van der Waals surface area contributed by atoms with Gasteiger partial charge in [0.05, 0.1) is 5.92 Å². The molecule has 19 heavy (non-hydrogen) atoms. The van der Waals surface area contributed by atoms with E-state index in [0.29, 0.717) is 17.3 Å². The topological polar surface area (TPSA) is 51.0 Å². The maximum absolute atomic E-state index is 5.41. The lowest BCUT2D eigenvalue weighted by molar-refractivity contribution is 0.166. The fraction of sp³-hybridized carbons (Fsp3) is 0.867. The van der Waals surface area contributed by atoms with E-state index in [2.05, 4.69) is 36.2 Å². The first kappa shape index (κ1) is 13.1. The molecule has 2 fully saturated rings. The minimum atomic E-state index is 0.435. The van der Waals surface area contributed by atoms with Gasteiger partial charge in [0, 0.05) is 19.0 Å². The number of hydrogen-bond acceptors (Lipinski definition) is 4. The Bertz CT molecular complexity index is 423. The van der Waals surface area contributed by atoms with Gasteiger partial charge >= 0.3 is 0 Å². The van der Waals surface area contributed by atoms with E-state index in [9.17, 15) is 0 Å². The zero-order valence-electron chi connectivity index (χ0n) is 12.3. The normalized spacial score (nSPS) is 29.2. The number of aromatic nitrogens is 2. The summed E-state index contributed by atoms with van der Waals surface area (Å²) in [6.45, 7) is 9.03. The van der Waals surface area contributed by atoms with Crippen molar-refractivity contribution in [1.29, 1.82) is 0 Å². The Hall–Kier alpha value is -0.900. The summed E-state index contributed by atoms with van der Waals surface area (Å²) in [5, 5.41) is 7.46. The Morgan fingerprint density at radius 3 is 2.26 bits per heavy atom. The summed E-state index contributed by atoms with van der Waals surface area (Å²) in [6.07, 6.45) is 5.01. The summed E-state index contributed by atoms with van der Waals surface area (Å²) in [5.74, 6) is 3.60. The highest BCUT2D eigenvalue weighted by Crippen LogP contribution is 2.42. The Morgan fingerprint density at radius 1 is 1.05 bits per heavy atom. The second-order valence-electron chi connectivity index (χ2n) is 7.26. The molecule has 1 saturated heterocycles. The maximum atomic E-state index is 5.41. The van der Waals surface area contributed by atoms with Crippen LogP contribution in [0.3, 0.4) is 0 Å². The molecule has 0 unspecified atom stereocenters.